The highest BCUT2D eigenvalue weighted by Crippen LogP contribution is 2.21. The van der Waals surface area contributed by atoms with Crippen LogP contribution in [0.2, 0.25) is 0 Å². The van der Waals surface area contributed by atoms with Crippen molar-refractivity contribution < 1.29 is 14.0 Å². The minimum absolute atomic E-state index is 0.00127. The lowest BCUT2D eigenvalue weighted by Gasteiger charge is -2.23. The fraction of sp³-hybridized carbons (Fsp3) is 0.500. The van der Waals surface area contributed by atoms with E-state index < -0.39 is 0 Å². The Morgan fingerprint density at radius 3 is 2.52 bits per heavy atom. The number of nitrogens with zero attached hydrogens (tertiary/aromatic N) is 2. The first-order valence-electron chi connectivity index (χ1n) is 9.08. The molecular formula is C20H25FN2O2. The maximum atomic E-state index is 13.3. The van der Waals surface area contributed by atoms with Gasteiger partial charge >= 0.3 is 0 Å². The summed E-state index contributed by atoms with van der Waals surface area (Å²) in [6.07, 6.45) is 8.00. The average Bonchev–Trinajstić information content (AvgIpc) is 2.95. The second-order valence-electron chi connectivity index (χ2n) is 6.89. The molecule has 0 spiro atoms. The van der Waals surface area contributed by atoms with E-state index in [2.05, 4.69) is 12.2 Å². The number of carbonyl (C=O) groups excluding carboxylic acids is 2. The second-order valence-corrected chi connectivity index (χ2v) is 6.89. The van der Waals surface area contributed by atoms with Gasteiger partial charge in [0.1, 0.15) is 5.82 Å². The molecule has 0 N–H and O–H groups in total. The first-order chi connectivity index (χ1) is 12.1. The first kappa shape index (κ1) is 17.6. The highest BCUT2D eigenvalue weighted by molar-refractivity contribution is 5.79. The molecule has 0 saturated carbocycles. The van der Waals surface area contributed by atoms with E-state index in [1.807, 2.05) is 4.90 Å². The minimum atomic E-state index is -0.320. The Labute approximate surface area is 148 Å². The van der Waals surface area contributed by atoms with Gasteiger partial charge in [-0.25, -0.2) is 4.39 Å². The molecule has 25 heavy (non-hydrogen) atoms. The van der Waals surface area contributed by atoms with Crippen LogP contribution >= 0.6 is 0 Å². The predicted octanol–water partition coefficient (Wildman–Crippen LogP) is 2.79. The summed E-state index contributed by atoms with van der Waals surface area (Å²) in [4.78, 5) is 28.6. The van der Waals surface area contributed by atoms with Crippen molar-refractivity contribution in [3.8, 4) is 0 Å². The standard InChI is InChI=1S/C20H25FN2O2/c21-18-8-3-7-17(13-18)15-20(25)23-10-4-9-22(11-12-23)19(24)14-16-5-1-2-6-16/h1,3,5,7-8,13,16H,2,4,6,9-12,14-15H2. The molecule has 0 bridgehead atoms. The molecule has 1 aliphatic carbocycles. The van der Waals surface area contributed by atoms with Gasteiger partial charge in [-0.3, -0.25) is 9.59 Å². The predicted molar refractivity (Wildman–Crippen MR) is 94.4 cm³/mol. The third kappa shape index (κ3) is 4.91. The number of carbonyl (C=O) groups is 2. The molecule has 1 atom stereocenters. The van der Waals surface area contributed by atoms with Crippen LogP contribution in [0.5, 0.6) is 0 Å². The average molecular weight is 344 g/mol. The van der Waals surface area contributed by atoms with Crippen LogP contribution in [0.15, 0.2) is 36.4 Å². The van der Waals surface area contributed by atoms with Crippen molar-refractivity contribution in [2.75, 3.05) is 26.2 Å². The van der Waals surface area contributed by atoms with Crippen LogP contribution in [0.1, 0.15) is 31.2 Å². The molecular weight excluding hydrogens is 319 g/mol. The normalized spacial score (nSPS) is 20.6. The molecule has 2 aliphatic rings. The van der Waals surface area contributed by atoms with Gasteiger partial charge in [-0.15, -0.1) is 0 Å². The van der Waals surface area contributed by atoms with Crippen molar-refractivity contribution in [2.24, 2.45) is 5.92 Å². The lowest BCUT2D eigenvalue weighted by Crippen LogP contribution is -2.38. The molecule has 1 heterocycles. The van der Waals surface area contributed by atoms with E-state index in [-0.39, 0.29) is 24.1 Å². The van der Waals surface area contributed by atoms with Gasteiger partial charge in [0.05, 0.1) is 6.42 Å². The molecule has 1 saturated heterocycles. The van der Waals surface area contributed by atoms with Gasteiger partial charge in [-0.1, -0.05) is 24.3 Å². The number of halogens is 1. The van der Waals surface area contributed by atoms with Gasteiger partial charge in [0.25, 0.3) is 0 Å². The fourth-order valence-electron chi connectivity index (χ4n) is 3.57. The van der Waals surface area contributed by atoms with Gasteiger partial charge in [-0.05, 0) is 42.9 Å². The van der Waals surface area contributed by atoms with Crippen molar-refractivity contribution >= 4 is 11.8 Å². The summed E-state index contributed by atoms with van der Waals surface area (Å²) < 4.78 is 13.3. The Morgan fingerprint density at radius 1 is 1.08 bits per heavy atom. The summed E-state index contributed by atoms with van der Waals surface area (Å²) in [5.74, 6) is 0.245. The lowest BCUT2D eigenvalue weighted by atomic mass is 10.0. The Bertz CT molecular complexity index is 659. The zero-order chi connectivity index (χ0) is 17.6. The Morgan fingerprint density at radius 2 is 1.84 bits per heavy atom. The Hall–Kier alpha value is -2.17. The van der Waals surface area contributed by atoms with Crippen LogP contribution in [-0.2, 0) is 16.0 Å². The molecule has 1 aliphatic heterocycles. The minimum Gasteiger partial charge on any atom is -0.341 e. The van der Waals surface area contributed by atoms with Gasteiger partial charge in [0.2, 0.25) is 11.8 Å². The molecule has 3 rings (SSSR count). The molecule has 0 aromatic heterocycles. The third-order valence-electron chi connectivity index (χ3n) is 4.99. The van der Waals surface area contributed by atoms with E-state index in [4.69, 9.17) is 0 Å². The van der Waals surface area contributed by atoms with E-state index in [9.17, 15) is 14.0 Å². The molecule has 1 unspecified atom stereocenters. The monoisotopic (exact) mass is 344 g/mol. The molecule has 1 aromatic rings. The number of allylic oxidation sites excluding steroid dienone is 2. The lowest BCUT2D eigenvalue weighted by molar-refractivity contribution is -0.133. The SMILES string of the molecule is O=C(Cc1cccc(F)c1)N1CCCN(C(=O)CC2C=CCC2)CC1. The summed E-state index contributed by atoms with van der Waals surface area (Å²) in [6, 6.07) is 6.17. The van der Waals surface area contributed by atoms with E-state index in [1.165, 1.54) is 12.1 Å². The van der Waals surface area contributed by atoms with Crippen LogP contribution in [0.3, 0.4) is 0 Å². The smallest absolute Gasteiger partial charge is 0.227 e. The molecule has 5 heteroatoms. The van der Waals surface area contributed by atoms with Crippen molar-refractivity contribution in [1.82, 2.24) is 9.80 Å². The first-order valence-corrected chi connectivity index (χ1v) is 9.08. The number of hydrogen-bond acceptors (Lipinski definition) is 2. The van der Waals surface area contributed by atoms with Crippen LogP contribution in [0.25, 0.3) is 0 Å². The summed E-state index contributed by atoms with van der Waals surface area (Å²) in [5.41, 5.74) is 0.690. The summed E-state index contributed by atoms with van der Waals surface area (Å²) in [6.45, 7) is 2.50. The zero-order valence-electron chi connectivity index (χ0n) is 14.5. The van der Waals surface area contributed by atoms with E-state index >= 15 is 0 Å². The summed E-state index contributed by atoms with van der Waals surface area (Å²) >= 11 is 0. The van der Waals surface area contributed by atoms with Gasteiger partial charge in [0.15, 0.2) is 0 Å². The van der Waals surface area contributed by atoms with Crippen molar-refractivity contribution in [3.63, 3.8) is 0 Å². The quantitative estimate of drug-likeness (QED) is 0.788. The number of benzene rings is 1. The number of amides is 2. The number of hydrogen-bond donors (Lipinski definition) is 0. The van der Waals surface area contributed by atoms with Gasteiger partial charge in [-0.2, -0.15) is 0 Å². The van der Waals surface area contributed by atoms with Crippen LogP contribution < -0.4 is 0 Å². The van der Waals surface area contributed by atoms with Crippen LogP contribution in [0, 0.1) is 11.7 Å². The van der Waals surface area contributed by atoms with Gasteiger partial charge in [0, 0.05) is 32.6 Å². The maximum Gasteiger partial charge on any atom is 0.227 e. The van der Waals surface area contributed by atoms with E-state index in [1.54, 1.807) is 17.0 Å². The molecule has 1 fully saturated rings. The van der Waals surface area contributed by atoms with Crippen LogP contribution in [0.4, 0.5) is 4.39 Å². The number of rotatable bonds is 4. The van der Waals surface area contributed by atoms with Crippen molar-refractivity contribution in [3.05, 3.63) is 47.8 Å². The van der Waals surface area contributed by atoms with Gasteiger partial charge < -0.3 is 9.80 Å². The van der Waals surface area contributed by atoms with E-state index in [0.717, 1.165) is 19.3 Å². The molecule has 1 aromatic carbocycles. The fourth-order valence-corrected chi connectivity index (χ4v) is 3.57. The van der Waals surface area contributed by atoms with Crippen molar-refractivity contribution in [1.29, 1.82) is 0 Å². The Balaban J connectivity index is 1.51. The van der Waals surface area contributed by atoms with Crippen molar-refractivity contribution in [2.45, 2.75) is 32.1 Å². The topological polar surface area (TPSA) is 40.6 Å². The summed E-state index contributed by atoms with van der Waals surface area (Å²) in [5, 5.41) is 0. The molecule has 2 amide bonds. The largest absolute Gasteiger partial charge is 0.341 e. The second kappa shape index (κ2) is 8.28. The summed E-state index contributed by atoms with van der Waals surface area (Å²) in [7, 11) is 0. The third-order valence-corrected chi connectivity index (χ3v) is 4.99. The molecule has 0 radical (unpaired) electrons. The highest BCUT2D eigenvalue weighted by Gasteiger charge is 2.24. The van der Waals surface area contributed by atoms with E-state index in [0.29, 0.717) is 44.1 Å². The maximum absolute atomic E-state index is 13.3. The highest BCUT2D eigenvalue weighted by atomic mass is 19.1. The van der Waals surface area contributed by atoms with Crippen LogP contribution in [-0.4, -0.2) is 47.8 Å². The zero-order valence-corrected chi connectivity index (χ0v) is 14.5. The molecule has 4 nitrogen and oxygen atoms in total. The Kier molecular flexibility index (Phi) is 5.84. The molecule has 134 valence electrons.